The number of fused-ring (bicyclic) bond motifs is 1. The van der Waals surface area contributed by atoms with Crippen LogP contribution < -0.4 is 4.74 Å². The molecule has 1 aliphatic rings. The Morgan fingerprint density at radius 1 is 1.11 bits per heavy atom. The highest BCUT2D eigenvalue weighted by molar-refractivity contribution is 5.32. The van der Waals surface area contributed by atoms with Gasteiger partial charge >= 0.3 is 0 Å². The molecule has 0 bridgehead atoms. The maximum absolute atomic E-state index is 6.12. The molecule has 1 unspecified atom stereocenters. The SMILES string of the molecule is CC(C)(C)c1ccc2c(n1)OC(C(C)(C)C)CC2. The lowest BCUT2D eigenvalue weighted by Crippen LogP contribution is -2.35. The number of aryl methyl sites for hydroxylation is 1. The van der Waals surface area contributed by atoms with E-state index < -0.39 is 0 Å². The van der Waals surface area contributed by atoms with Crippen LogP contribution in [0.4, 0.5) is 0 Å². The second-order valence-corrected chi connectivity index (χ2v) is 7.42. The molecule has 1 aromatic rings. The van der Waals surface area contributed by atoms with Gasteiger partial charge in [0.1, 0.15) is 6.10 Å². The van der Waals surface area contributed by atoms with Gasteiger partial charge in [0.25, 0.3) is 0 Å². The van der Waals surface area contributed by atoms with Crippen molar-refractivity contribution in [2.45, 2.75) is 65.9 Å². The highest BCUT2D eigenvalue weighted by Crippen LogP contribution is 2.35. The van der Waals surface area contributed by atoms with E-state index >= 15 is 0 Å². The molecule has 0 fully saturated rings. The molecule has 2 nitrogen and oxygen atoms in total. The number of pyridine rings is 1. The highest BCUT2D eigenvalue weighted by Gasteiger charge is 2.31. The first kappa shape index (κ1) is 13.4. The summed E-state index contributed by atoms with van der Waals surface area (Å²) in [5.74, 6) is 0.855. The maximum atomic E-state index is 6.12. The van der Waals surface area contributed by atoms with E-state index in [1.54, 1.807) is 0 Å². The van der Waals surface area contributed by atoms with Gasteiger partial charge in [-0.25, -0.2) is 4.98 Å². The summed E-state index contributed by atoms with van der Waals surface area (Å²) in [6, 6.07) is 4.32. The molecule has 2 heteroatoms. The van der Waals surface area contributed by atoms with Crippen LogP contribution in [0.5, 0.6) is 5.88 Å². The highest BCUT2D eigenvalue weighted by atomic mass is 16.5. The zero-order chi connectivity index (χ0) is 13.6. The molecule has 0 amide bonds. The molecule has 0 aliphatic carbocycles. The Balaban J connectivity index is 2.31. The van der Waals surface area contributed by atoms with Crippen LogP contribution in [-0.2, 0) is 11.8 Å². The van der Waals surface area contributed by atoms with Crippen LogP contribution in [-0.4, -0.2) is 11.1 Å². The predicted octanol–water partition coefficient (Wildman–Crippen LogP) is 4.12. The Morgan fingerprint density at radius 2 is 1.78 bits per heavy atom. The van der Waals surface area contributed by atoms with E-state index in [9.17, 15) is 0 Å². The molecule has 2 heterocycles. The Bertz CT molecular complexity index is 437. The van der Waals surface area contributed by atoms with Gasteiger partial charge in [0.15, 0.2) is 0 Å². The molecule has 0 spiro atoms. The average Bonchev–Trinajstić information content (AvgIpc) is 2.25. The minimum absolute atomic E-state index is 0.0765. The van der Waals surface area contributed by atoms with Crippen molar-refractivity contribution in [3.63, 3.8) is 0 Å². The third kappa shape index (κ3) is 2.68. The fraction of sp³-hybridized carbons (Fsp3) is 0.688. The van der Waals surface area contributed by atoms with E-state index in [1.807, 2.05) is 0 Å². The van der Waals surface area contributed by atoms with E-state index in [0.29, 0.717) is 0 Å². The first-order chi connectivity index (χ1) is 8.18. The van der Waals surface area contributed by atoms with E-state index in [1.165, 1.54) is 5.56 Å². The largest absolute Gasteiger partial charge is 0.474 e. The lowest BCUT2D eigenvalue weighted by atomic mass is 9.84. The number of hydrogen-bond donors (Lipinski definition) is 0. The van der Waals surface area contributed by atoms with Crippen LogP contribution in [0.3, 0.4) is 0 Å². The molecule has 0 N–H and O–H groups in total. The third-order valence-corrected chi connectivity index (χ3v) is 3.60. The molecule has 0 radical (unpaired) electrons. The zero-order valence-electron chi connectivity index (χ0n) is 12.5. The minimum Gasteiger partial charge on any atom is -0.474 e. The van der Waals surface area contributed by atoms with Gasteiger partial charge in [0, 0.05) is 16.7 Å². The lowest BCUT2D eigenvalue weighted by molar-refractivity contribution is 0.0620. The van der Waals surface area contributed by atoms with E-state index in [0.717, 1.165) is 24.4 Å². The summed E-state index contributed by atoms with van der Waals surface area (Å²) >= 11 is 0. The summed E-state index contributed by atoms with van der Waals surface area (Å²) in [7, 11) is 0. The minimum atomic E-state index is 0.0765. The van der Waals surface area contributed by atoms with Crippen molar-refractivity contribution < 1.29 is 4.74 Å². The predicted molar refractivity (Wildman–Crippen MR) is 75.1 cm³/mol. The molecular formula is C16H25NO. The number of aromatic nitrogens is 1. The number of nitrogens with zero attached hydrogens (tertiary/aromatic N) is 1. The number of ether oxygens (including phenoxy) is 1. The van der Waals surface area contributed by atoms with E-state index in [4.69, 9.17) is 9.72 Å². The molecule has 1 aliphatic heterocycles. The molecule has 1 aromatic heterocycles. The van der Waals surface area contributed by atoms with Gasteiger partial charge < -0.3 is 4.74 Å². The summed E-state index contributed by atoms with van der Waals surface area (Å²) in [5.41, 5.74) is 2.61. The Hall–Kier alpha value is -1.05. The van der Waals surface area contributed by atoms with Crippen LogP contribution >= 0.6 is 0 Å². The maximum Gasteiger partial charge on any atom is 0.217 e. The molecular weight excluding hydrogens is 222 g/mol. The topological polar surface area (TPSA) is 22.1 Å². The summed E-state index contributed by atoms with van der Waals surface area (Å²) in [6.07, 6.45) is 2.44. The smallest absolute Gasteiger partial charge is 0.217 e. The molecule has 0 aromatic carbocycles. The van der Waals surface area contributed by atoms with Crippen LogP contribution in [0.1, 0.15) is 59.2 Å². The van der Waals surface area contributed by atoms with Gasteiger partial charge in [-0.3, -0.25) is 0 Å². The van der Waals surface area contributed by atoms with Gasteiger partial charge in [-0.15, -0.1) is 0 Å². The number of hydrogen-bond acceptors (Lipinski definition) is 2. The van der Waals surface area contributed by atoms with Crippen LogP contribution in [0.2, 0.25) is 0 Å². The quantitative estimate of drug-likeness (QED) is 0.688. The van der Waals surface area contributed by atoms with Crippen molar-refractivity contribution in [1.82, 2.24) is 4.98 Å². The van der Waals surface area contributed by atoms with Crippen LogP contribution in [0, 0.1) is 5.41 Å². The van der Waals surface area contributed by atoms with Gasteiger partial charge in [0.2, 0.25) is 5.88 Å². The monoisotopic (exact) mass is 247 g/mol. The second kappa shape index (κ2) is 4.25. The normalized spacial score (nSPS) is 20.2. The van der Waals surface area contributed by atoms with Crippen molar-refractivity contribution in [1.29, 1.82) is 0 Å². The van der Waals surface area contributed by atoms with Crippen molar-refractivity contribution in [3.05, 3.63) is 23.4 Å². The van der Waals surface area contributed by atoms with Crippen LogP contribution in [0.25, 0.3) is 0 Å². The summed E-state index contributed by atoms with van der Waals surface area (Å²) < 4.78 is 6.12. The summed E-state index contributed by atoms with van der Waals surface area (Å²) in [6.45, 7) is 13.3. The fourth-order valence-corrected chi connectivity index (χ4v) is 2.27. The molecule has 0 saturated heterocycles. The Morgan fingerprint density at radius 3 is 2.33 bits per heavy atom. The van der Waals surface area contributed by atoms with Crippen molar-refractivity contribution in [2.24, 2.45) is 5.41 Å². The van der Waals surface area contributed by atoms with Crippen molar-refractivity contribution >= 4 is 0 Å². The van der Waals surface area contributed by atoms with Crippen molar-refractivity contribution in [2.75, 3.05) is 0 Å². The average molecular weight is 247 g/mol. The van der Waals surface area contributed by atoms with Gasteiger partial charge in [-0.05, 0) is 24.3 Å². The van der Waals surface area contributed by atoms with E-state index in [2.05, 4.69) is 53.7 Å². The standard InChI is InChI=1S/C16H25NO/c1-15(2,3)12-9-7-11-8-10-13(16(4,5)6)18-14(11)17-12/h7,9,13H,8,10H2,1-6H3. The Kier molecular flexibility index (Phi) is 3.16. The molecule has 1 atom stereocenters. The van der Waals surface area contributed by atoms with Crippen LogP contribution in [0.15, 0.2) is 12.1 Å². The second-order valence-electron chi connectivity index (χ2n) is 7.42. The van der Waals surface area contributed by atoms with Gasteiger partial charge in [-0.2, -0.15) is 0 Å². The molecule has 0 saturated carbocycles. The zero-order valence-corrected chi connectivity index (χ0v) is 12.5. The number of rotatable bonds is 0. The molecule has 100 valence electrons. The summed E-state index contributed by atoms with van der Waals surface area (Å²) in [5, 5.41) is 0. The lowest BCUT2D eigenvalue weighted by Gasteiger charge is -2.35. The third-order valence-electron chi connectivity index (χ3n) is 3.60. The van der Waals surface area contributed by atoms with Gasteiger partial charge in [0.05, 0.1) is 0 Å². The first-order valence-corrected chi connectivity index (χ1v) is 6.85. The summed E-state index contributed by atoms with van der Waals surface area (Å²) in [4.78, 5) is 4.73. The van der Waals surface area contributed by atoms with Crippen molar-refractivity contribution in [3.8, 4) is 5.88 Å². The fourth-order valence-electron chi connectivity index (χ4n) is 2.27. The Labute approximate surface area is 111 Å². The molecule has 2 rings (SSSR count). The van der Waals surface area contributed by atoms with E-state index in [-0.39, 0.29) is 16.9 Å². The molecule has 18 heavy (non-hydrogen) atoms. The van der Waals surface area contributed by atoms with Gasteiger partial charge in [-0.1, -0.05) is 47.6 Å². The first-order valence-electron chi connectivity index (χ1n) is 6.85.